The van der Waals surface area contributed by atoms with Gasteiger partial charge in [0.15, 0.2) is 0 Å². The van der Waals surface area contributed by atoms with E-state index in [0.29, 0.717) is 23.5 Å². The van der Waals surface area contributed by atoms with Crippen LogP contribution in [-0.4, -0.2) is 44.9 Å². The van der Waals surface area contributed by atoms with Gasteiger partial charge in [0.1, 0.15) is 11.6 Å². The highest BCUT2D eigenvalue weighted by atomic mass is 32.2. The van der Waals surface area contributed by atoms with E-state index in [1.165, 1.54) is 11.8 Å². The van der Waals surface area contributed by atoms with Crippen molar-refractivity contribution in [2.24, 2.45) is 0 Å². The highest BCUT2D eigenvalue weighted by molar-refractivity contribution is 7.99. The van der Waals surface area contributed by atoms with Gasteiger partial charge in [0.2, 0.25) is 11.1 Å². The molecule has 0 unspecified atom stereocenters. The number of methoxy groups -OCH3 is 1. The first-order valence-corrected chi connectivity index (χ1v) is 9.64. The molecular formula is C18H24N4O2S. The molecule has 6 nitrogen and oxygen atoms in total. The van der Waals surface area contributed by atoms with Crippen molar-refractivity contribution in [3.8, 4) is 5.75 Å². The van der Waals surface area contributed by atoms with E-state index >= 15 is 0 Å². The van der Waals surface area contributed by atoms with Crippen LogP contribution in [0.2, 0.25) is 0 Å². The maximum Gasteiger partial charge on any atom is 0.233 e. The first kappa shape index (κ1) is 17.8. The highest BCUT2D eigenvalue weighted by Crippen LogP contribution is 2.29. The number of benzene rings is 1. The molecule has 1 heterocycles. The molecule has 1 saturated carbocycles. The molecule has 0 aliphatic heterocycles. The molecule has 1 fully saturated rings. The summed E-state index contributed by atoms with van der Waals surface area (Å²) in [5.41, 5.74) is 1.12. The normalized spacial score (nSPS) is 13.7. The third-order valence-corrected chi connectivity index (χ3v) is 4.97. The molecule has 0 spiro atoms. The molecule has 0 bridgehead atoms. The van der Waals surface area contributed by atoms with Gasteiger partial charge in [-0.1, -0.05) is 30.8 Å². The molecule has 3 rings (SSSR count). The number of amides is 1. The minimum absolute atomic E-state index is 0.144. The van der Waals surface area contributed by atoms with Gasteiger partial charge in [0, 0.05) is 19.0 Å². The van der Waals surface area contributed by atoms with E-state index in [9.17, 15) is 4.79 Å². The molecule has 1 aliphatic rings. The number of ether oxygens (including phenoxy) is 1. The smallest absolute Gasteiger partial charge is 0.233 e. The topological polar surface area (TPSA) is 71.1 Å². The lowest BCUT2D eigenvalue weighted by Gasteiger charge is -2.22. The second kappa shape index (κ2) is 8.38. The van der Waals surface area contributed by atoms with Crippen LogP contribution in [-0.2, 0) is 17.8 Å². The van der Waals surface area contributed by atoms with Crippen molar-refractivity contribution in [1.82, 2.24) is 20.1 Å². The third kappa shape index (κ3) is 4.98. The average Bonchev–Trinajstić information content (AvgIpc) is 3.38. The van der Waals surface area contributed by atoms with Gasteiger partial charge in [-0.05, 0) is 37.0 Å². The number of rotatable bonds is 9. The Morgan fingerprint density at radius 1 is 1.36 bits per heavy atom. The van der Waals surface area contributed by atoms with Crippen LogP contribution in [0.1, 0.15) is 37.6 Å². The predicted octanol–water partition coefficient (Wildman–Crippen LogP) is 3.05. The standard InChI is InChI=1S/C18H24N4O2S/c1-3-4-16-19-18(21-20-16)25-12-17(23)22(14-7-8-14)11-13-5-9-15(24-2)10-6-13/h5-6,9-10,14H,3-4,7-8,11-12H2,1-2H3,(H,19,20,21). The lowest BCUT2D eigenvalue weighted by molar-refractivity contribution is -0.129. The fourth-order valence-electron chi connectivity index (χ4n) is 2.63. The Kier molecular flexibility index (Phi) is 5.96. The number of aromatic amines is 1. The molecule has 0 atom stereocenters. The Bertz CT molecular complexity index is 697. The zero-order valence-corrected chi connectivity index (χ0v) is 15.5. The second-order valence-corrected chi connectivity index (χ2v) is 7.15. The number of hydrogen-bond acceptors (Lipinski definition) is 5. The average molecular weight is 360 g/mol. The van der Waals surface area contributed by atoms with E-state index in [0.717, 1.165) is 42.8 Å². The SMILES string of the molecule is CCCc1nc(SCC(=O)N(Cc2ccc(OC)cc2)C2CC2)n[nH]1. The van der Waals surface area contributed by atoms with Crippen molar-refractivity contribution in [2.45, 2.75) is 50.4 Å². The summed E-state index contributed by atoms with van der Waals surface area (Å²) in [7, 11) is 1.65. The van der Waals surface area contributed by atoms with Crippen molar-refractivity contribution in [3.63, 3.8) is 0 Å². The molecule has 2 aromatic rings. The molecule has 1 aliphatic carbocycles. The van der Waals surface area contributed by atoms with Gasteiger partial charge >= 0.3 is 0 Å². The number of nitrogens with zero attached hydrogens (tertiary/aromatic N) is 3. The van der Waals surface area contributed by atoms with Gasteiger partial charge in [0.25, 0.3) is 0 Å². The Labute approximate surface area is 152 Å². The zero-order chi connectivity index (χ0) is 17.6. The minimum Gasteiger partial charge on any atom is -0.497 e. The Hall–Kier alpha value is -2.02. The van der Waals surface area contributed by atoms with Gasteiger partial charge in [0.05, 0.1) is 12.9 Å². The van der Waals surface area contributed by atoms with Gasteiger partial charge in [-0.3, -0.25) is 9.89 Å². The highest BCUT2D eigenvalue weighted by Gasteiger charge is 2.32. The second-order valence-electron chi connectivity index (χ2n) is 6.20. The van der Waals surface area contributed by atoms with Crippen molar-refractivity contribution < 1.29 is 9.53 Å². The summed E-state index contributed by atoms with van der Waals surface area (Å²) < 4.78 is 5.19. The lowest BCUT2D eigenvalue weighted by Crippen LogP contribution is -2.34. The van der Waals surface area contributed by atoms with Gasteiger partial charge in [-0.15, -0.1) is 5.10 Å². The molecular weight excluding hydrogens is 336 g/mol. The molecule has 25 heavy (non-hydrogen) atoms. The molecule has 1 N–H and O–H groups in total. The van der Waals surface area contributed by atoms with E-state index in [2.05, 4.69) is 22.1 Å². The van der Waals surface area contributed by atoms with Crippen LogP contribution in [0.15, 0.2) is 29.4 Å². The lowest BCUT2D eigenvalue weighted by atomic mass is 10.2. The quantitative estimate of drug-likeness (QED) is 0.696. The first-order chi connectivity index (χ1) is 12.2. The predicted molar refractivity (Wildman–Crippen MR) is 97.7 cm³/mol. The Morgan fingerprint density at radius 3 is 2.76 bits per heavy atom. The molecule has 0 saturated heterocycles. The minimum atomic E-state index is 0.144. The summed E-state index contributed by atoms with van der Waals surface area (Å²) in [6.45, 7) is 2.74. The molecule has 1 aromatic heterocycles. The molecule has 1 amide bonds. The van der Waals surface area contributed by atoms with Crippen molar-refractivity contribution >= 4 is 17.7 Å². The van der Waals surface area contributed by atoms with Gasteiger partial charge in [-0.2, -0.15) is 0 Å². The number of thioether (sulfide) groups is 1. The zero-order valence-electron chi connectivity index (χ0n) is 14.7. The number of H-pyrrole nitrogens is 1. The summed E-state index contributed by atoms with van der Waals surface area (Å²) in [5.74, 6) is 2.23. The van der Waals surface area contributed by atoms with Crippen LogP contribution in [0.5, 0.6) is 5.75 Å². The number of hydrogen-bond donors (Lipinski definition) is 1. The molecule has 7 heteroatoms. The van der Waals surface area contributed by atoms with E-state index in [4.69, 9.17) is 4.74 Å². The van der Waals surface area contributed by atoms with Crippen molar-refractivity contribution in [2.75, 3.05) is 12.9 Å². The van der Waals surface area contributed by atoms with E-state index < -0.39 is 0 Å². The summed E-state index contributed by atoms with van der Waals surface area (Å²) in [6, 6.07) is 8.27. The number of nitrogens with one attached hydrogen (secondary N) is 1. The monoisotopic (exact) mass is 360 g/mol. The maximum atomic E-state index is 12.7. The van der Waals surface area contributed by atoms with Crippen LogP contribution in [0.3, 0.4) is 0 Å². The van der Waals surface area contributed by atoms with Crippen molar-refractivity contribution in [1.29, 1.82) is 0 Å². The molecule has 1 aromatic carbocycles. The van der Waals surface area contributed by atoms with Gasteiger partial charge < -0.3 is 9.64 Å². The van der Waals surface area contributed by atoms with E-state index in [1.54, 1.807) is 7.11 Å². The largest absolute Gasteiger partial charge is 0.497 e. The fraction of sp³-hybridized carbons (Fsp3) is 0.500. The van der Waals surface area contributed by atoms with E-state index in [1.807, 2.05) is 29.2 Å². The van der Waals surface area contributed by atoms with Crippen LogP contribution in [0.25, 0.3) is 0 Å². The van der Waals surface area contributed by atoms with Crippen LogP contribution < -0.4 is 4.74 Å². The van der Waals surface area contributed by atoms with Crippen LogP contribution in [0, 0.1) is 0 Å². The number of carbonyl (C=O) groups is 1. The number of aryl methyl sites for hydroxylation is 1. The summed E-state index contributed by atoms with van der Waals surface area (Å²) in [6.07, 6.45) is 4.09. The Balaban J connectivity index is 1.56. The summed E-state index contributed by atoms with van der Waals surface area (Å²) in [4.78, 5) is 19.1. The fourth-order valence-corrected chi connectivity index (χ4v) is 3.34. The summed E-state index contributed by atoms with van der Waals surface area (Å²) in [5, 5.41) is 7.75. The number of aromatic nitrogens is 3. The van der Waals surface area contributed by atoms with E-state index in [-0.39, 0.29) is 5.91 Å². The Morgan fingerprint density at radius 2 is 2.12 bits per heavy atom. The number of carbonyl (C=O) groups excluding carboxylic acids is 1. The van der Waals surface area contributed by atoms with Crippen LogP contribution >= 0.6 is 11.8 Å². The maximum absolute atomic E-state index is 12.7. The van der Waals surface area contributed by atoms with Crippen LogP contribution in [0.4, 0.5) is 0 Å². The van der Waals surface area contributed by atoms with Crippen molar-refractivity contribution in [3.05, 3.63) is 35.7 Å². The van der Waals surface area contributed by atoms with Gasteiger partial charge in [-0.25, -0.2) is 4.98 Å². The first-order valence-electron chi connectivity index (χ1n) is 8.66. The molecule has 0 radical (unpaired) electrons. The third-order valence-electron chi connectivity index (χ3n) is 4.14. The summed E-state index contributed by atoms with van der Waals surface area (Å²) >= 11 is 1.40. The molecule has 134 valence electrons.